The summed E-state index contributed by atoms with van der Waals surface area (Å²) in [5, 5.41) is 0.645. The van der Waals surface area contributed by atoms with Crippen molar-refractivity contribution < 1.29 is 23.8 Å². The molecule has 0 atom stereocenters. The lowest BCUT2D eigenvalue weighted by molar-refractivity contribution is -0.131. The predicted octanol–water partition coefficient (Wildman–Crippen LogP) is 6.47. The minimum atomic E-state index is -1.11. The summed E-state index contributed by atoms with van der Waals surface area (Å²) in [4.78, 5) is 25.5. The highest BCUT2D eigenvalue weighted by Gasteiger charge is 2.34. The fourth-order valence-corrected chi connectivity index (χ4v) is 3.30. The van der Waals surface area contributed by atoms with Crippen LogP contribution < -0.4 is 0 Å². The van der Waals surface area contributed by atoms with Gasteiger partial charge in [-0.05, 0) is 60.7 Å². The van der Waals surface area contributed by atoms with Gasteiger partial charge in [0.2, 0.25) is 0 Å². The second-order valence-corrected chi connectivity index (χ2v) is 7.92. The minimum Gasteiger partial charge on any atom is -0.437 e. The summed E-state index contributed by atoms with van der Waals surface area (Å²) in [6, 6.07) is 13.4. The second kappa shape index (κ2) is 10.6. The molecular weight excluding hydrogens is 416 g/mol. The summed E-state index contributed by atoms with van der Waals surface area (Å²) >= 11 is 6.03. The molecular formula is C25H29ClO5. The molecule has 0 aliphatic rings. The molecule has 0 amide bonds. The van der Waals surface area contributed by atoms with E-state index in [2.05, 4.69) is 4.74 Å². The van der Waals surface area contributed by atoms with Gasteiger partial charge in [0.25, 0.3) is 0 Å². The van der Waals surface area contributed by atoms with Gasteiger partial charge in [-0.3, -0.25) is 4.79 Å². The van der Waals surface area contributed by atoms with E-state index in [1.54, 1.807) is 13.8 Å². The third-order valence-corrected chi connectivity index (χ3v) is 5.45. The lowest BCUT2D eigenvalue weighted by atomic mass is 9.85. The van der Waals surface area contributed by atoms with Crippen LogP contribution in [-0.4, -0.2) is 31.8 Å². The first-order chi connectivity index (χ1) is 14.7. The summed E-state index contributed by atoms with van der Waals surface area (Å²) in [5.74, 6) is -0.0383. The molecule has 0 saturated carbocycles. The van der Waals surface area contributed by atoms with E-state index >= 15 is 0 Å². The first-order valence-electron chi connectivity index (χ1n) is 10.2. The average molecular weight is 445 g/mol. The third-order valence-electron chi connectivity index (χ3n) is 5.20. The topological polar surface area (TPSA) is 61.8 Å². The van der Waals surface area contributed by atoms with Crippen molar-refractivity contribution in [2.24, 2.45) is 0 Å². The van der Waals surface area contributed by atoms with E-state index in [1.165, 1.54) is 14.2 Å². The van der Waals surface area contributed by atoms with Gasteiger partial charge in [0, 0.05) is 18.6 Å². The molecule has 0 saturated heterocycles. The lowest BCUT2D eigenvalue weighted by Gasteiger charge is -2.26. The van der Waals surface area contributed by atoms with Gasteiger partial charge in [0.05, 0.1) is 12.7 Å². The van der Waals surface area contributed by atoms with Crippen molar-refractivity contribution in [3.05, 3.63) is 64.4 Å². The van der Waals surface area contributed by atoms with Gasteiger partial charge in [0.1, 0.15) is 11.4 Å². The van der Waals surface area contributed by atoms with Crippen molar-refractivity contribution >= 4 is 29.1 Å². The van der Waals surface area contributed by atoms with Crippen molar-refractivity contribution in [3.8, 4) is 11.1 Å². The van der Waals surface area contributed by atoms with Crippen molar-refractivity contribution in [2.45, 2.75) is 46.1 Å². The highest BCUT2D eigenvalue weighted by molar-refractivity contribution is 6.30. The molecule has 5 nitrogen and oxygen atoms in total. The number of carbonyl (C=O) groups excluding carboxylic acids is 2. The Balaban J connectivity index is 2.79. The first-order valence-corrected chi connectivity index (χ1v) is 10.5. The number of methoxy groups -OCH3 is 2. The zero-order valence-electron chi connectivity index (χ0n) is 18.9. The maximum Gasteiger partial charge on any atom is 0.513 e. The van der Waals surface area contributed by atoms with Crippen LogP contribution in [0.1, 0.15) is 45.2 Å². The maximum atomic E-state index is 13.6. The molecule has 2 rings (SSSR count). The van der Waals surface area contributed by atoms with Crippen LogP contribution in [0.25, 0.3) is 16.7 Å². The van der Waals surface area contributed by atoms with Crippen molar-refractivity contribution in [3.63, 3.8) is 0 Å². The lowest BCUT2D eigenvalue weighted by Crippen LogP contribution is -2.35. The molecule has 31 heavy (non-hydrogen) atoms. The fourth-order valence-electron chi connectivity index (χ4n) is 3.17. The van der Waals surface area contributed by atoms with Gasteiger partial charge in [-0.1, -0.05) is 49.7 Å². The zero-order chi connectivity index (χ0) is 23.2. The highest BCUT2D eigenvalue weighted by atomic mass is 35.5. The number of ketones is 1. The van der Waals surface area contributed by atoms with E-state index < -0.39 is 11.8 Å². The first kappa shape index (κ1) is 24.6. The second-order valence-electron chi connectivity index (χ2n) is 7.48. The van der Waals surface area contributed by atoms with Gasteiger partial charge in [0.15, 0.2) is 5.78 Å². The fraction of sp³-hybridized carbons (Fsp3) is 0.360. The highest BCUT2D eigenvalue weighted by Crippen LogP contribution is 2.34. The Labute approximate surface area is 189 Å². The SMILES string of the molecule is CC/C(OC(=O)OC)=C(\C(=O)C(C)(C)OC)c1cc(-c2ccc(Cl)cc2)ccc1CC. The number of Topliss-reactive ketones (excluding diaryl/α,β-unsaturated/α-hetero) is 1. The summed E-state index contributed by atoms with van der Waals surface area (Å²) in [5.41, 5.74) is 2.72. The van der Waals surface area contributed by atoms with Crippen LogP contribution in [0, 0.1) is 0 Å². The van der Waals surface area contributed by atoms with Gasteiger partial charge >= 0.3 is 6.16 Å². The predicted molar refractivity (Wildman–Crippen MR) is 123 cm³/mol. The summed E-state index contributed by atoms with van der Waals surface area (Å²) < 4.78 is 15.5. The Morgan fingerprint density at radius 3 is 2.10 bits per heavy atom. The molecule has 0 aliphatic carbocycles. The third kappa shape index (κ3) is 5.75. The van der Waals surface area contributed by atoms with Crippen LogP contribution in [0.4, 0.5) is 4.79 Å². The van der Waals surface area contributed by atoms with Crippen LogP contribution in [0.3, 0.4) is 0 Å². The molecule has 0 aliphatic heterocycles. The smallest absolute Gasteiger partial charge is 0.437 e. The Bertz CT molecular complexity index is 974. The Hall–Kier alpha value is -2.63. The molecule has 0 fully saturated rings. The molecule has 0 heterocycles. The largest absolute Gasteiger partial charge is 0.513 e. The molecule has 0 unspecified atom stereocenters. The van der Waals surface area contributed by atoms with E-state index in [1.807, 2.05) is 56.3 Å². The standard InChI is InChI=1S/C25H29ClO5/c1-7-16-9-10-18(17-11-13-19(26)14-12-17)15-20(16)22(23(27)25(3,4)30-6)21(8-2)31-24(28)29-5/h9-15H,7-8H2,1-6H3/b22-21+. The van der Waals surface area contributed by atoms with Crippen LogP contribution >= 0.6 is 11.6 Å². The van der Waals surface area contributed by atoms with Crippen molar-refractivity contribution in [1.82, 2.24) is 0 Å². The number of carbonyl (C=O) groups is 2. The minimum absolute atomic E-state index is 0.241. The van der Waals surface area contributed by atoms with Gasteiger partial charge in [-0.15, -0.1) is 0 Å². The molecule has 6 heteroatoms. The quantitative estimate of drug-likeness (QED) is 0.265. The molecule has 0 radical (unpaired) electrons. The summed E-state index contributed by atoms with van der Waals surface area (Å²) in [7, 11) is 2.71. The number of ether oxygens (including phenoxy) is 3. The van der Waals surface area contributed by atoms with E-state index in [9.17, 15) is 9.59 Å². The molecule has 2 aromatic carbocycles. The van der Waals surface area contributed by atoms with Crippen molar-refractivity contribution in [2.75, 3.05) is 14.2 Å². The number of halogens is 1. The number of hydrogen-bond donors (Lipinski definition) is 0. The molecule has 0 bridgehead atoms. The van der Waals surface area contributed by atoms with E-state index in [-0.39, 0.29) is 11.5 Å². The number of rotatable bonds is 8. The monoisotopic (exact) mass is 444 g/mol. The Morgan fingerprint density at radius 2 is 1.58 bits per heavy atom. The van der Waals surface area contributed by atoms with Crippen LogP contribution in [-0.2, 0) is 25.4 Å². The van der Waals surface area contributed by atoms with E-state index in [4.69, 9.17) is 21.1 Å². The van der Waals surface area contributed by atoms with Gasteiger partial charge < -0.3 is 14.2 Å². The number of aryl methyl sites for hydroxylation is 1. The average Bonchev–Trinajstić information content (AvgIpc) is 2.78. The van der Waals surface area contributed by atoms with Crippen LogP contribution in [0.15, 0.2) is 48.2 Å². The summed E-state index contributed by atoms with van der Waals surface area (Å²) in [6.07, 6.45) is 0.143. The van der Waals surface area contributed by atoms with Crippen LogP contribution in [0.5, 0.6) is 0 Å². The Kier molecular flexibility index (Phi) is 8.43. The van der Waals surface area contributed by atoms with Crippen LogP contribution in [0.2, 0.25) is 5.02 Å². The number of benzene rings is 2. The number of hydrogen-bond acceptors (Lipinski definition) is 5. The Morgan fingerprint density at radius 1 is 0.968 bits per heavy atom. The summed E-state index contributed by atoms with van der Waals surface area (Å²) in [6.45, 7) is 7.21. The zero-order valence-corrected chi connectivity index (χ0v) is 19.6. The molecule has 0 spiro atoms. The number of allylic oxidation sites excluding steroid dienone is 1. The molecule has 166 valence electrons. The maximum absolute atomic E-state index is 13.6. The van der Waals surface area contributed by atoms with Gasteiger partial charge in [-0.2, -0.15) is 0 Å². The molecule has 0 N–H and O–H groups in total. The van der Waals surface area contributed by atoms with E-state index in [0.29, 0.717) is 29.0 Å². The van der Waals surface area contributed by atoms with E-state index in [0.717, 1.165) is 16.7 Å². The van der Waals surface area contributed by atoms with Crippen molar-refractivity contribution in [1.29, 1.82) is 0 Å². The molecule has 0 aromatic heterocycles. The molecule has 2 aromatic rings. The van der Waals surface area contributed by atoms with Gasteiger partial charge in [-0.25, -0.2) is 4.79 Å². The normalized spacial score (nSPS) is 12.2.